The molecule has 0 aliphatic heterocycles. The summed E-state index contributed by atoms with van der Waals surface area (Å²) in [5.41, 5.74) is 0. The number of aliphatic carboxylic acids is 1. The van der Waals surface area contributed by atoms with Crippen LogP contribution in [0.3, 0.4) is 0 Å². The van der Waals surface area contributed by atoms with Gasteiger partial charge < -0.3 is 20.4 Å². The first-order chi connectivity index (χ1) is 8.54. The summed E-state index contributed by atoms with van der Waals surface area (Å²) in [6, 6.07) is 2.26. The minimum absolute atomic E-state index is 0.00604. The maximum atomic E-state index is 11.7. The molecule has 1 aromatic rings. The van der Waals surface area contributed by atoms with Crippen molar-refractivity contribution in [1.82, 2.24) is 10.2 Å². The number of aliphatic hydroxyl groups is 1. The Morgan fingerprint density at radius 1 is 1.56 bits per heavy atom. The fourth-order valence-electron chi connectivity index (χ4n) is 1.35. The van der Waals surface area contributed by atoms with Gasteiger partial charge in [-0.1, -0.05) is 6.07 Å². The predicted octanol–water partition coefficient (Wildman–Crippen LogP) is 0.725. The number of carboxylic acids is 1. The Balaban J connectivity index is 2.50. The molecule has 0 aliphatic rings. The molecule has 1 atom stereocenters. The molecule has 0 fully saturated rings. The maximum absolute atomic E-state index is 11.7. The van der Waals surface area contributed by atoms with Gasteiger partial charge in [0.2, 0.25) is 0 Å². The summed E-state index contributed by atoms with van der Waals surface area (Å²) in [6.07, 6.45) is -0.00604. The molecule has 0 spiro atoms. The van der Waals surface area contributed by atoms with Crippen LogP contribution in [0.15, 0.2) is 17.5 Å². The van der Waals surface area contributed by atoms with E-state index in [-0.39, 0.29) is 13.0 Å². The van der Waals surface area contributed by atoms with E-state index in [0.29, 0.717) is 6.54 Å². The lowest BCUT2D eigenvalue weighted by molar-refractivity contribution is -0.139. The van der Waals surface area contributed by atoms with Gasteiger partial charge >= 0.3 is 12.0 Å². The van der Waals surface area contributed by atoms with Crippen LogP contribution >= 0.6 is 11.3 Å². The van der Waals surface area contributed by atoms with Crippen molar-refractivity contribution >= 4 is 23.3 Å². The number of aliphatic hydroxyl groups excluding tert-OH is 1. The Hall–Kier alpha value is -1.60. The van der Waals surface area contributed by atoms with E-state index in [9.17, 15) is 9.59 Å². The van der Waals surface area contributed by atoms with E-state index < -0.39 is 18.0 Å². The zero-order chi connectivity index (χ0) is 13.5. The Labute approximate surface area is 109 Å². The zero-order valence-electron chi connectivity index (χ0n) is 10.00. The highest BCUT2D eigenvalue weighted by Gasteiger charge is 2.21. The van der Waals surface area contributed by atoms with E-state index in [2.05, 4.69) is 5.32 Å². The molecular weight excluding hydrogens is 256 g/mol. The van der Waals surface area contributed by atoms with Crippen LogP contribution in [-0.2, 0) is 11.3 Å². The summed E-state index contributed by atoms with van der Waals surface area (Å²) >= 11 is 1.53. The first kappa shape index (κ1) is 14.5. The standard InChI is InChI=1S/C11H16N2O4S/c1-13(7-8-3-2-6-18-8)11(17)12-9(4-5-14)10(15)16/h2-3,6,9,14H,4-5,7H2,1H3,(H,12,17)(H,15,16). The Morgan fingerprint density at radius 2 is 2.28 bits per heavy atom. The van der Waals surface area contributed by atoms with Gasteiger partial charge in [0.1, 0.15) is 6.04 Å². The van der Waals surface area contributed by atoms with Crippen LogP contribution in [0.2, 0.25) is 0 Å². The molecule has 2 amide bonds. The summed E-state index contributed by atoms with van der Waals surface area (Å²) in [5.74, 6) is -1.15. The topological polar surface area (TPSA) is 89.9 Å². The minimum atomic E-state index is -1.15. The highest BCUT2D eigenvalue weighted by molar-refractivity contribution is 7.09. The van der Waals surface area contributed by atoms with E-state index in [4.69, 9.17) is 10.2 Å². The van der Waals surface area contributed by atoms with E-state index >= 15 is 0 Å². The van der Waals surface area contributed by atoms with Crippen molar-refractivity contribution in [1.29, 1.82) is 0 Å². The number of carbonyl (C=O) groups is 2. The minimum Gasteiger partial charge on any atom is -0.480 e. The SMILES string of the molecule is CN(Cc1cccs1)C(=O)NC(CCO)C(=O)O. The van der Waals surface area contributed by atoms with Crippen molar-refractivity contribution in [3.8, 4) is 0 Å². The lowest BCUT2D eigenvalue weighted by Gasteiger charge is -2.20. The van der Waals surface area contributed by atoms with Crippen LogP contribution in [0, 0.1) is 0 Å². The number of thiophene rings is 1. The van der Waals surface area contributed by atoms with E-state index in [0.717, 1.165) is 4.88 Å². The number of nitrogens with one attached hydrogen (secondary N) is 1. The molecule has 100 valence electrons. The Kier molecular flexibility index (Phi) is 5.60. The molecule has 0 saturated carbocycles. The van der Waals surface area contributed by atoms with Gasteiger partial charge in [-0.2, -0.15) is 0 Å². The average molecular weight is 272 g/mol. The van der Waals surface area contributed by atoms with Gasteiger partial charge in [-0.05, 0) is 11.4 Å². The molecule has 1 heterocycles. The molecule has 3 N–H and O–H groups in total. The summed E-state index contributed by atoms with van der Waals surface area (Å²) in [5, 5.41) is 21.8. The third-order valence-electron chi connectivity index (χ3n) is 2.33. The second kappa shape index (κ2) is 6.97. The van der Waals surface area contributed by atoms with Crippen LogP contribution in [0.5, 0.6) is 0 Å². The van der Waals surface area contributed by atoms with Gasteiger partial charge in [0, 0.05) is 25.0 Å². The van der Waals surface area contributed by atoms with E-state index in [1.165, 1.54) is 16.2 Å². The summed E-state index contributed by atoms with van der Waals surface area (Å²) in [4.78, 5) is 25.0. The molecule has 0 aliphatic carbocycles. The molecule has 18 heavy (non-hydrogen) atoms. The molecule has 6 nitrogen and oxygen atoms in total. The lowest BCUT2D eigenvalue weighted by Crippen LogP contribution is -2.46. The average Bonchev–Trinajstić information content (AvgIpc) is 2.80. The van der Waals surface area contributed by atoms with Crippen LogP contribution in [-0.4, -0.2) is 46.8 Å². The Morgan fingerprint density at radius 3 is 2.78 bits per heavy atom. The maximum Gasteiger partial charge on any atom is 0.326 e. The van der Waals surface area contributed by atoms with Crippen molar-refractivity contribution in [2.24, 2.45) is 0 Å². The molecule has 0 aromatic carbocycles. The third kappa shape index (κ3) is 4.34. The number of hydrogen-bond acceptors (Lipinski definition) is 4. The molecule has 1 unspecified atom stereocenters. The zero-order valence-corrected chi connectivity index (χ0v) is 10.8. The van der Waals surface area contributed by atoms with Gasteiger partial charge in [0.15, 0.2) is 0 Å². The molecule has 1 aromatic heterocycles. The highest BCUT2D eigenvalue weighted by atomic mass is 32.1. The van der Waals surface area contributed by atoms with Crippen LogP contribution < -0.4 is 5.32 Å². The van der Waals surface area contributed by atoms with Gasteiger partial charge in [0.05, 0.1) is 6.54 Å². The van der Waals surface area contributed by atoms with Gasteiger partial charge in [-0.15, -0.1) is 11.3 Å². The number of urea groups is 1. The second-order valence-electron chi connectivity index (χ2n) is 3.79. The lowest BCUT2D eigenvalue weighted by atomic mass is 10.2. The fourth-order valence-corrected chi connectivity index (χ4v) is 2.11. The number of hydrogen-bond donors (Lipinski definition) is 3. The van der Waals surface area contributed by atoms with E-state index in [1.807, 2.05) is 17.5 Å². The number of amides is 2. The quantitative estimate of drug-likeness (QED) is 0.712. The highest BCUT2D eigenvalue weighted by Crippen LogP contribution is 2.10. The molecular formula is C11H16N2O4S. The van der Waals surface area contributed by atoms with Gasteiger partial charge in [-0.3, -0.25) is 0 Å². The van der Waals surface area contributed by atoms with E-state index in [1.54, 1.807) is 7.05 Å². The molecule has 7 heteroatoms. The third-order valence-corrected chi connectivity index (χ3v) is 3.19. The first-order valence-corrected chi connectivity index (χ1v) is 6.30. The summed E-state index contributed by atoms with van der Waals surface area (Å²) < 4.78 is 0. The van der Waals surface area contributed by atoms with Gasteiger partial charge in [0.25, 0.3) is 0 Å². The monoisotopic (exact) mass is 272 g/mol. The molecule has 1 rings (SSSR count). The summed E-state index contributed by atoms with van der Waals surface area (Å²) in [7, 11) is 1.59. The molecule has 0 bridgehead atoms. The number of carbonyl (C=O) groups excluding carboxylic acids is 1. The van der Waals surface area contributed by atoms with Crippen LogP contribution in [0.1, 0.15) is 11.3 Å². The number of nitrogens with zero attached hydrogens (tertiary/aromatic N) is 1. The van der Waals surface area contributed by atoms with Gasteiger partial charge in [-0.25, -0.2) is 9.59 Å². The molecule has 0 radical (unpaired) electrons. The largest absolute Gasteiger partial charge is 0.480 e. The second-order valence-corrected chi connectivity index (χ2v) is 4.82. The Bertz CT molecular complexity index is 394. The van der Waals surface area contributed by atoms with Crippen LogP contribution in [0.4, 0.5) is 4.79 Å². The van der Waals surface area contributed by atoms with Crippen molar-refractivity contribution in [2.75, 3.05) is 13.7 Å². The van der Waals surface area contributed by atoms with Crippen LogP contribution in [0.25, 0.3) is 0 Å². The number of rotatable bonds is 6. The summed E-state index contributed by atoms with van der Waals surface area (Å²) in [6.45, 7) is 0.140. The van der Waals surface area contributed by atoms with Crippen molar-refractivity contribution in [2.45, 2.75) is 19.0 Å². The number of carboxylic acid groups (broad SMARTS) is 1. The molecule has 0 saturated heterocycles. The fraction of sp³-hybridized carbons (Fsp3) is 0.455. The normalized spacial score (nSPS) is 11.9. The van der Waals surface area contributed by atoms with Crippen molar-refractivity contribution in [3.05, 3.63) is 22.4 Å². The first-order valence-electron chi connectivity index (χ1n) is 5.42. The van der Waals surface area contributed by atoms with Crippen molar-refractivity contribution < 1.29 is 19.8 Å². The van der Waals surface area contributed by atoms with Crippen molar-refractivity contribution in [3.63, 3.8) is 0 Å². The predicted molar refractivity (Wildman–Crippen MR) is 67.4 cm³/mol. The smallest absolute Gasteiger partial charge is 0.326 e.